The second kappa shape index (κ2) is 27.3. The molecule has 0 aliphatic rings. The normalized spacial score (nSPS) is 12.3. The standard InChI is InChI=1S/C37B2F30N.C30H39S/c40-8-2(9(41)21(53)32(64)20(8)52)38(3-10(42)22(54)33(65)23(55)11(3)43,4-12(44)24(56)34(66)25(57)13(4)45)1-70-39(5-14(46)26(58)35(67)27(59)15(5)47,6-16(48)28(60)36(68)29(61)17(6)49)7-18(50)30(62)37(69)31(63)19(7)51;1-28(2,3)22-10-16-25(17-11-22)31(26-18-12-23(13-19-26)29(4,5)6)27-20-14-24(15-21-27)30(7,8)9/h;10-21H,1-9H3/q-1;+1. The molecule has 34 heteroatoms. The van der Waals surface area contributed by atoms with Crippen LogP contribution in [0.2, 0.25) is 0 Å². The van der Waals surface area contributed by atoms with Gasteiger partial charge in [0.25, 0.3) is 6.15 Å². The highest BCUT2D eigenvalue weighted by Crippen LogP contribution is 2.38. The van der Waals surface area contributed by atoms with Gasteiger partial charge in [-0.25, -0.2) is 132 Å². The lowest BCUT2D eigenvalue weighted by molar-refractivity contribution is 0.379. The second-order valence-electron chi connectivity index (χ2n) is 25.5. The summed E-state index contributed by atoms with van der Waals surface area (Å²) in [6.45, 7) is 20.5. The topological polar surface area (TPSA) is 4.36 Å². The molecule has 0 atom stereocenters. The van der Waals surface area contributed by atoms with Crippen molar-refractivity contribution in [3.63, 3.8) is 0 Å². The highest BCUT2D eigenvalue weighted by atomic mass is 32.2. The van der Waals surface area contributed by atoms with Gasteiger partial charge in [0, 0.05) is 0 Å². The van der Waals surface area contributed by atoms with E-state index in [-0.39, 0.29) is 33.1 Å². The van der Waals surface area contributed by atoms with E-state index in [4.69, 9.17) is 0 Å². The van der Waals surface area contributed by atoms with Gasteiger partial charge in [-0.2, -0.15) is 0 Å². The van der Waals surface area contributed by atoms with Gasteiger partial charge in [0.1, 0.15) is 69.8 Å². The van der Waals surface area contributed by atoms with E-state index in [0.717, 1.165) is 0 Å². The van der Waals surface area contributed by atoms with Crippen LogP contribution in [0.4, 0.5) is 132 Å². The molecule has 0 N–H and O–H groups in total. The van der Waals surface area contributed by atoms with Crippen molar-refractivity contribution in [2.45, 2.75) is 93.2 Å². The fraction of sp³-hybridized carbons (Fsp3) is 0.179. The van der Waals surface area contributed by atoms with Crippen LogP contribution < -0.4 is 32.8 Å². The third-order valence-electron chi connectivity index (χ3n) is 16.3. The predicted molar refractivity (Wildman–Crippen MR) is 312 cm³/mol. The molecular formula is C67H39B2F30NS. The lowest BCUT2D eigenvalue weighted by Gasteiger charge is -2.37. The lowest BCUT2D eigenvalue weighted by Crippen LogP contribution is -2.74. The van der Waals surface area contributed by atoms with Crippen LogP contribution in [-0.4, -0.2) is 12.4 Å². The molecule has 1 nitrogen and oxygen atoms in total. The van der Waals surface area contributed by atoms with Crippen molar-refractivity contribution in [1.29, 1.82) is 0 Å². The van der Waals surface area contributed by atoms with E-state index in [9.17, 15) is 26.3 Å². The maximum Gasteiger partial charge on any atom is 0.490 e. The van der Waals surface area contributed by atoms with Crippen molar-refractivity contribution in [2.24, 2.45) is 0 Å². The minimum Gasteiger partial charge on any atom is -0.374 e. The molecule has 0 fully saturated rings. The summed E-state index contributed by atoms with van der Waals surface area (Å²) in [5, 5.41) is 0. The molecule has 0 heterocycles. The Balaban J connectivity index is 0.000000347. The molecular weight excluding hydrogens is 1440 g/mol. The summed E-state index contributed by atoms with van der Waals surface area (Å²) < 4.78 is 465. The second-order valence-corrected chi connectivity index (χ2v) is 27.5. The molecule has 0 aromatic heterocycles. The van der Waals surface area contributed by atoms with E-state index in [0.29, 0.717) is 0 Å². The maximum absolute atomic E-state index is 16.2. The number of hydrogen-bond acceptors (Lipinski definition) is 0. The van der Waals surface area contributed by atoms with Crippen LogP contribution in [0.3, 0.4) is 0 Å². The van der Waals surface area contributed by atoms with Crippen molar-refractivity contribution in [2.75, 3.05) is 0 Å². The van der Waals surface area contributed by atoms with Crippen molar-refractivity contribution in [3.05, 3.63) is 269 Å². The van der Waals surface area contributed by atoms with E-state index in [2.05, 4.69) is 140 Å². The van der Waals surface area contributed by atoms with E-state index in [1.54, 1.807) is 0 Å². The van der Waals surface area contributed by atoms with Gasteiger partial charge in [0.2, 0.25) is 0 Å². The molecule has 0 spiro atoms. The van der Waals surface area contributed by atoms with E-state index >= 15 is 105 Å². The molecule has 101 heavy (non-hydrogen) atoms. The first-order valence-electron chi connectivity index (χ1n) is 28.5. The minimum absolute atomic E-state index is 0.0988. The molecule has 9 rings (SSSR count). The Morgan fingerprint density at radius 3 is 0.505 bits per heavy atom. The van der Waals surface area contributed by atoms with Crippen molar-refractivity contribution < 1.29 is 132 Å². The fourth-order valence-electron chi connectivity index (χ4n) is 11.1. The third kappa shape index (κ3) is 12.7. The summed E-state index contributed by atoms with van der Waals surface area (Å²) in [4.78, 5) is 4.13. The van der Waals surface area contributed by atoms with Crippen LogP contribution >= 0.6 is 0 Å². The zero-order valence-corrected chi connectivity index (χ0v) is 53.1. The first kappa shape index (κ1) is 77.6. The molecule has 0 saturated heterocycles. The SMILES string of the molecule is CC(C)(C)c1ccc([S+](c2ccc(C(C)(C)C)cc2)c2ccc(C(C)(C)C)cc2)cc1.Fc1c(F)c(F)c([B-](C#[N+][B-](c2c(F)c(F)c(F)c(F)c2F)(c2c(F)c(F)c(F)c(F)c2F)c2c(F)c(F)c(F)c(F)c2F)(c2c(F)c(F)c(F)c(F)c2F)c2c(F)c(F)c(F)c(F)c2F)c(F)c1F. The average molecular weight is 1480 g/mol. The number of hydrogen-bond donors (Lipinski definition) is 0. The highest BCUT2D eigenvalue weighted by molar-refractivity contribution is 7.97. The van der Waals surface area contributed by atoms with Gasteiger partial charge >= 0.3 is 6.28 Å². The molecule has 0 unspecified atom stereocenters. The van der Waals surface area contributed by atoms with Gasteiger partial charge in [-0.3, -0.25) is 0 Å². The molecule has 0 amide bonds. The van der Waals surface area contributed by atoms with Gasteiger partial charge in [-0.1, -0.05) is 98.7 Å². The Morgan fingerprint density at radius 1 is 0.218 bits per heavy atom. The van der Waals surface area contributed by atoms with Crippen LogP contribution in [0, 0.1) is 180 Å². The Bertz CT molecular complexity index is 4090. The Morgan fingerprint density at radius 2 is 0.356 bits per heavy atom. The van der Waals surface area contributed by atoms with Crippen LogP contribution in [0.1, 0.15) is 79.0 Å². The summed E-state index contributed by atoms with van der Waals surface area (Å²) >= 11 is 0. The molecule has 0 aliphatic carbocycles. The summed E-state index contributed by atoms with van der Waals surface area (Å²) in [5.41, 5.74) is -19.4. The summed E-state index contributed by atoms with van der Waals surface area (Å²) in [7, 11) is -0.120. The van der Waals surface area contributed by atoms with E-state index < -0.39 is 220 Å². The molecule has 0 radical (unpaired) electrons. The van der Waals surface area contributed by atoms with Crippen LogP contribution in [0.25, 0.3) is 4.76 Å². The average Bonchev–Trinajstić information content (AvgIpc) is 0.693. The van der Waals surface area contributed by atoms with E-state index in [1.807, 2.05) is 0 Å². The molecule has 9 aromatic carbocycles. The van der Waals surface area contributed by atoms with Crippen molar-refractivity contribution in [1.82, 2.24) is 0 Å². The van der Waals surface area contributed by atoms with Gasteiger partial charge in [0.05, 0.1) is 10.9 Å². The van der Waals surface area contributed by atoms with Gasteiger partial charge in [-0.15, -0.1) is 16.4 Å². The quantitative estimate of drug-likeness (QED) is 0.0446. The summed E-state index contributed by atoms with van der Waals surface area (Å²) in [5.74, 6) is -118. The van der Waals surface area contributed by atoms with Gasteiger partial charge in [0.15, 0.2) is 119 Å². The first-order valence-corrected chi connectivity index (χ1v) is 29.7. The number of halogens is 30. The summed E-state index contributed by atoms with van der Waals surface area (Å²) in [6, 6.07) is 27.8. The number of benzene rings is 9. The number of nitrogens with zero attached hydrogens (tertiary/aromatic N) is 1. The summed E-state index contributed by atoms with van der Waals surface area (Å²) in [6.07, 6.45) is -15.7. The zero-order valence-electron chi connectivity index (χ0n) is 52.3. The lowest BCUT2D eigenvalue weighted by atomic mass is 9.15. The molecule has 0 bridgehead atoms. The van der Waals surface area contributed by atoms with E-state index in [1.165, 1.54) is 31.4 Å². The predicted octanol–water partition coefficient (Wildman–Crippen LogP) is 17.5. The van der Waals surface area contributed by atoms with Crippen LogP contribution in [0.15, 0.2) is 87.5 Å². The molecule has 0 aliphatic heterocycles. The first-order chi connectivity index (χ1) is 46.5. The molecule has 534 valence electrons. The Hall–Kier alpha value is -9.15. The third-order valence-corrected chi connectivity index (χ3v) is 18.6. The zero-order chi connectivity index (χ0) is 76.2. The largest absolute Gasteiger partial charge is 0.490 e. The van der Waals surface area contributed by atoms with Gasteiger partial charge in [-0.05, 0) is 91.7 Å². The Kier molecular flexibility index (Phi) is 21.0. The maximum atomic E-state index is 16.2. The number of rotatable bonds is 9. The van der Waals surface area contributed by atoms with Crippen molar-refractivity contribution in [3.8, 4) is 5.97 Å². The molecule has 0 saturated carbocycles. The fourth-order valence-corrected chi connectivity index (χ4v) is 13.2. The van der Waals surface area contributed by atoms with Crippen LogP contribution in [-0.2, 0) is 27.1 Å². The van der Waals surface area contributed by atoms with Gasteiger partial charge < -0.3 is 4.76 Å². The minimum atomic E-state index is -7.91. The molecule has 9 aromatic rings. The monoisotopic (exact) mass is 1480 g/mol. The van der Waals surface area contributed by atoms with Crippen molar-refractivity contribution >= 4 is 56.1 Å². The van der Waals surface area contributed by atoms with Crippen LogP contribution in [0.5, 0.6) is 0 Å². The smallest absolute Gasteiger partial charge is 0.374 e. The Labute approximate surface area is 554 Å². The highest BCUT2D eigenvalue weighted by Gasteiger charge is 2.60.